The van der Waals surface area contributed by atoms with Crippen molar-refractivity contribution in [2.45, 2.75) is 38.8 Å². The molecule has 0 saturated heterocycles. The molecule has 0 aromatic heterocycles. The van der Waals surface area contributed by atoms with Crippen LogP contribution in [0, 0.1) is 0 Å². The maximum atomic E-state index is 11.9. The van der Waals surface area contributed by atoms with E-state index in [0.29, 0.717) is 13.0 Å². The van der Waals surface area contributed by atoms with E-state index >= 15 is 0 Å². The Kier molecular flexibility index (Phi) is 7.94. The first-order valence-electron chi connectivity index (χ1n) is 6.07. The summed E-state index contributed by atoms with van der Waals surface area (Å²) in [7, 11) is 0. The molecule has 112 valence electrons. The molecule has 0 aliphatic rings. The van der Waals surface area contributed by atoms with E-state index in [4.69, 9.17) is 5.11 Å². The van der Waals surface area contributed by atoms with Gasteiger partial charge in [0.15, 0.2) is 0 Å². The first kappa shape index (κ1) is 17.5. The number of urea groups is 1. The normalized spacial score (nSPS) is 11.2. The molecule has 0 aliphatic carbocycles. The number of hydrogen-bond donors (Lipinski definition) is 2. The Labute approximate surface area is 109 Å². The molecule has 0 heterocycles. The molecular weight excluding hydrogens is 265 g/mol. The lowest BCUT2D eigenvalue weighted by atomic mass is 10.2. The minimum atomic E-state index is -4.18. The minimum Gasteiger partial charge on any atom is -0.480 e. The number of carboxylic acids is 1. The van der Waals surface area contributed by atoms with Crippen molar-refractivity contribution in [3.63, 3.8) is 0 Å². The van der Waals surface area contributed by atoms with Gasteiger partial charge in [-0.05, 0) is 19.3 Å². The zero-order chi connectivity index (χ0) is 14.9. The average Bonchev–Trinajstić information content (AvgIpc) is 2.25. The maximum Gasteiger partial charge on any atom is 0.389 e. The first-order chi connectivity index (χ1) is 8.76. The summed E-state index contributed by atoms with van der Waals surface area (Å²) in [5.41, 5.74) is 0. The van der Waals surface area contributed by atoms with E-state index in [2.05, 4.69) is 5.32 Å². The maximum absolute atomic E-state index is 11.9. The van der Waals surface area contributed by atoms with Gasteiger partial charge < -0.3 is 15.3 Å². The number of hydrogen-bond acceptors (Lipinski definition) is 2. The first-order valence-corrected chi connectivity index (χ1v) is 6.07. The molecule has 0 spiro atoms. The second-order valence-electron chi connectivity index (χ2n) is 4.12. The van der Waals surface area contributed by atoms with E-state index in [9.17, 15) is 22.8 Å². The molecule has 0 unspecified atom stereocenters. The monoisotopic (exact) mass is 284 g/mol. The van der Waals surface area contributed by atoms with Crippen LogP contribution >= 0.6 is 0 Å². The van der Waals surface area contributed by atoms with E-state index < -0.39 is 31.1 Å². The Morgan fingerprint density at radius 3 is 2.37 bits per heavy atom. The standard InChI is InChI=1S/C11H19F3N2O3/c1-2-7-16(8-9(17)18)10(19)15-6-4-3-5-11(12,13)14/h2-8H2,1H3,(H,15,19)(H,17,18). The van der Waals surface area contributed by atoms with Crippen LogP contribution in [0.15, 0.2) is 0 Å². The third-order valence-electron chi connectivity index (χ3n) is 2.27. The molecule has 2 N–H and O–H groups in total. The SMILES string of the molecule is CCCN(CC(=O)O)C(=O)NCCCCC(F)(F)F. The summed E-state index contributed by atoms with van der Waals surface area (Å²) in [5, 5.41) is 11.0. The van der Waals surface area contributed by atoms with Crippen LogP contribution in [0.2, 0.25) is 0 Å². The largest absolute Gasteiger partial charge is 0.480 e. The van der Waals surface area contributed by atoms with Crippen molar-refractivity contribution >= 4 is 12.0 Å². The molecule has 2 amide bonds. The van der Waals surface area contributed by atoms with Gasteiger partial charge in [0.2, 0.25) is 0 Å². The minimum absolute atomic E-state index is 0.0590. The quantitative estimate of drug-likeness (QED) is 0.671. The van der Waals surface area contributed by atoms with Gasteiger partial charge in [-0.2, -0.15) is 13.2 Å². The molecule has 0 rings (SSSR count). The fourth-order valence-electron chi connectivity index (χ4n) is 1.44. The van der Waals surface area contributed by atoms with Crippen LogP contribution in [0.25, 0.3) is 0 Å². The van der Waals surface area contributed by atoms with Gasteiger partial charge >= 0.3 is 18.2 Å². The van der Waals surface area contributed by atoms with Gasteiger partial charge in [-0.25, -0.2) is 4.79 Å². The van der Waals surface area contributed by atoms with Crippen molar-refractivity contribution in [2.75, 3.05) is 19.6 Å². The highest BCUT2D eigenvalue weighted by Gasteiger charge is 2.25. The second kappa shape index (κ2) is 8.60. The molecule has 0 aliphatic heterocycles. The van der Waals surface area contributed by atoms with Crippen molar-refractivity contribution in [3.8, 4) is 0 Å². The molecule has 5 nitrogen and oxygen atoms in total. The van der Waals surface area contributed by atoms with Gasteiger partial charge in [-0.15, -0.1) is 0 Å². The third-order valence-corrected chi connectivity index (χ3v) is 2.27. The fourth-order valence-corrected chi connectivity index (χ4v) is 1.44. The summed E-state index contributed by atoms with van der Waals surface area (Å²) in [4.78, 5) is 23.2. The Hall–Kier alpha value is -1.47. The lowest BCUT2D eigenvalue weighted by molar-refractivity contribution is -0.138. The number of unbranched alkanes of at least 4 members (excludes halogenated alkanes) is 1. The van der Waals surface area contributed by atoms with Crippen molar-refractivity contribution < 1.29 is 27.9 Å². The molecule has 0 saturated carbocycles. The molecule has 0 fully saturated rings. The summed E-state index contributed by atoms with van der Waals surface area (Å²) in [6, 6.07) is -0.559. The summed E-state index contributed by atoms with van der Waals surface area (Å²) in [6.45, 7) is 1.78. The van der Waals surface area contributed by atoms with Gasteiger partial charge in [0.25, 0.3) is 0 Å². The molecule has 0 aromatic carbocycles. The van der Waals surface area contributed by atoms with E-state index in [1.54, 1.807) is 6.92 Å². The molecule has 0 aromatic rings. The van der Waals surface area contributed by atoms with Gasteiger partial charge in [0, 0.05) is 19.5 Å². The Morgan fingerprint density at radius 1 is 1.26 bits per heavy atom. The van der Waals surface area contributed by atoms with E-state index in [0.717, 1.165) is 4.90 Å². The average molecular weight is 284 g/mol. The molecule has 0 atom stereocenters. The van der Waals surface area contributed by atoms with Gasteiger partial charge in [0.05, 0.1) is 0 Å². The summed E-state index contributed by atoms with van der Waals surface area (Å²) >= 11 is 0. The van der Waals surface area contributed by atoms with Crippen molar-refractivity contribution in [1.82, 2.24) is 10.2 Å². The Balaban J connectivity index is 3.89. The number of carbonyl (C=O) groups is 2. The number of amides is 2. The number of nitrogens with zero attached hydrogens (tertiary/aromatic N) is 1. The van der Waals surface area contributed by atoms with Crippen molar-refractivity contribution in [1.29, 1.82) is 0 Å². The van der Waals surface area contributed by atoms with E-state index in [-0.39, 0.29) is 19.4 Å². The number of carbonyl (C=O) groups excluding carboxylic acids is 1. The van der Waals surface area contributed by atoms with Gasteiger partial charge in [0.1, 0.15) is 6.54 Å². The third kappa shape index (κ3) is 10.2. The van der Waals surface area contributed by atoms with Crippen molar-refractivity contribution in [3.05, 3.63) is 0 Å². The lowest BCUT2D eigenvalue weighted by Gasteiger charge is -2.20. The molecular formula is C11H19F3N2O3. The predicted molar refractivity (Wildman–Crippen MR) is 62.8 cm³/mol. The smallest absolute Gasteiger partial charge is 0.389 e. The second-order valence-corrected chi connectivity index (χ2v) is 4.12. The number of aliphatic carboxylic acids is 1. The summed E-state index contributed by atoms with van der Waals surface area (Å²) in [6.07, 6.45) is -4.30. The van der Waals surface area contributed by atoms with E-state index in [1.807, 2.05) is 0 Å². The predicted octanol–water partition coefficient (Wildman–Crippen LogP) is 2.23. The van der Waals surface area contributed by atoms with Crippen LogP contribution in [0.1, 0.15) is 32.6 Å². The van der Waals surface area contributed by atoms with Crippen LogP contribution in [0.5, 0.6) is 0 Å². The van der Waals surface area contributed by atoms with Crippen LogP contribution in [-0.4, -0.2) is 47.8 Å². The molecule has 0 radical (unpaired) electrons. The van der Waals surface area contributed by atoms with Crippen LogP contribution in [-0.2, 0) is 4.79 Å². The molecule has 19 heavy (non-hydrogen) atoms. The Morgan fingerprint density at radius 2 is 1.89 bits per heavy atom. The zero-order valence-electron chi connectivity index (χ0n) is 10.8. The number of rotatable bonds is 8. The highest BCUT2D eigenvalue weighted by molar-refractivity contribution is 5.80. The van der Waals surface area contributed by atoms with Crippen LogP contribution in [0.3, 0.4) is 0 Å². The number of alkyl halides is 3. The number of halogens is 3. The molecule has 8 heteroatoms. The zero-order valence-corrected chi connectivity index (χ0v) is 10.8. The lowest BCUT2D eigenvalue weighted by Crippen LogP contribution is -2.43. The van der Waals surface area contributed by atoms with Crippen LogP contribution in [0.4, 0.5) is 18.0 Å². The Bertz CT molecular complexity index is 295. The highest BCUT2D eigenvalue weighted by atomic mass is 19.4. The van der Waals surface area contributed by atoms with Gasteiger partial charge in [-0.3, -0.25) is 4.79 Å². The van der Waals surface area contributed by atoms with Crippen LogP contribution < -0.4 is 5.32 Å². The highest BCUT2D eigenvalue weighted by Crippen LogP contribution is 2.21. The number of carboxylic acid groups (broad SMARTS) is 1. The number of nitrogens with one attached hydrogen (secondary N) is 1. The summed E-state index contributed by atoms with van der Waals surface area (Å²) < 4.78 is 35.6. The summed E-state index contributed by atoms with van der Waals surface area (Å²) in [5.74, 6) is -1.12. The van der Waals surface area contributed by atoms with E-state index in [1.165, 1.54) is 0 Å². The van der Waals surface area contributed by atoms with Crippen molar-refractivity contribution in [2.24, 2.45) is 0 Å². The topological polar surface area (TPSA) is 69.6 Å². The molecule has 0 bridgehead atoms. The van der Waals surface area contributed by atoms with Gasteiger partial charge in [-0.1, -0.05) is 6.92 Å². The fraction of sp³-hybridized carbons (Fsp3) is 0.818.